The van der Waals surface area contributed by atoms with Crippen LogP contribution in [0.15, 0.2) is 24.3 Å². The molecule has 0 aliphatic carbocycles. The molecule has 1 fully saturated rings. The number of aliphatic hydroxyl groups excluding tert-OH is 1. The maximum Gasteiger partial charge on any atom is 0.315 e. The van der Waals surface area contributed by atoms with E-state index in [9.17, 15) is 4.79 Å². The highest BCUT2D eigenvalue weighted by atomic mass is 16.3. The number of carbonyl (C=O) groups excluding carboxylic acids is 1. The zero-order valence-electron chi connectivity index (χ0n) is 14.2. The van der Waals surface area contributed by atoms with Crippen LogP contribution in [-0.4, -0.2) is 36.9 Å². The van der Waals surface area contributed by atoms with E-state index in [0.29, 0.717) is 13.0 Å². The molecule has 0 unspecified atom stereocenters. The lowest BCUT2D eigenvalue weighted by Gasteiger charge is -2.32. The van der Waals surface area contributed by atoms with Gasteiger partial charge in [0.25, 0.3) is 0 Å². The summed E-state index contributed by atoms with van der Waals surface area (Å²) < 4.78 is 0. The largest absolute Gasteiger partial charge is 0.396 e. The topological polar surface area (TPSA) is 64.6 Å². The lowest BCUT2D eigenvalue weighted by molar-refractivity contribution is 0.230. The summed E-state index contributed by atoms with van der Waals surface area (Å²) in [5, 5.41) is 14.5. The van der Waals surface area contributed by atoms with Gasteiger partial charge in [-0.25, -0.2) is 4.79 Å². The fraction of sp³-hybridized carbons (Fsp3) is 0.611. The monoisotopic (exact) mass is 319 g/mol. The minimum absolute atomic E-state index is 0.0242. The molecular formula is C18H29N3O2. The van der Waals surface area contributed by atoms with E-state index in [-0.39, 0.29) is 18.7 Å². The van der Waals surface area contributed by atoms with Crippen LogP contribution in [0, 0.1) is 5.92 Å². The van der Waals surface area contributed by atoms with Crippen LogP contribution in [0.2, 0.25) is 0 Å². The zero-order chi connectivity index (χ0) is 16.7. The first-order chi connectivity index (χ1) is 11.1. The second-order valence-electron chi connectivity index (χ2n) is 6.58. The van der Waals surface area contributed by atoms with E-state index in [4.69, 9.17) is 5.11 Å². The Labute approximate surface area is 139 Å². The van der Waals surface area contributed by atoms with Gasteiger partial charge in [-0.2, -0.15) is 0 Å². The number of benzene rings is 1. The molecule has 1 atom stereocenters. The Balaban J connectivity index is 1.77. The van der Waals surface area contributed by atoms with Crippen LogP contribution in [-0.2, 0) is 6.54 Å². The Morgan fingerprint density at radius 2 is 1.96 bits per heavy atom. The Kier molecular flexibility index (Phi) is 6.71. The second-order valence-corrected chi connectivity index (χ2v) is 6.58. The summed E-state index contributed by atoms with van der Waals surface area (Å²) in [6, 6.07) is 8.21. The van der Waals surface area contributed by atoms with Gasteiger partial charge in [0.05, 0.1) is 0 Å². The Morgan fingerprint density at radius 1 is 1.30 bits per heavy atom. The van der Waals surface area contributed by atoms with E-state index >= 15 is 0 Å². The lowest BCUT2D eigenvalue weighted by Crippen LogP contribution is -2.40. The summed E-state index contributed by atoms with van der Waals surface area (Å²) in [6.07, 6.45) is 3.08. The maximum atomic E-state index is 11.7. The first kappa shape index (κ1) is 17.6. The number of aliphatic hydroxyl groups is 1. The maximum absolute atomic E-state index is 11.7. The summed E-state index contributed by atoms with van der Waals surface area (Å²) in [6.45, 7) is 7.05. The predicted octanol–water partition coefficient (Wildman–Crippen LogP) is 2.49. The van der Waals surface area contributed by atoms with Crippen LogP contribution in [0.25, 0.3) is 0 Å². The van der Waals surface area contributed by atoms with Crippen molar-refractivity contribution in [3.63, 3.8) is 0 Å². The molecule has 1 aromatic carbocycles. The third-order valence-corrected chi connectivity index (χ3v) is 4.48. The van der Waals surface area contributed by atoms with E-state index in [1.165, 1.54) is 18.5 Å². The van der Waals surface area contributed by atoms with Gasteiger partial charge >= 0.3 is 6.03 Å². The van der Waals surface area contributed by atoms with E-state index in [1.54, 1.807) is 0 Å². The normalized spacial score (nSPS) is 16.9. The van der Waals surface area contributed by atoms with Crippen molar-refractivity contribution >= 4 is 11.7 Å². The van der Waals surface area contributed by atoms with Gasteiger partial charge in [0.2, 0.25) is 0 Å². The molecular weight excluding hydrogens is 290 g/mol. The Bertz CT molecular complexity index is 482. The molecule has 3 N–H and O–H groups in total. The van der Waals surface area contributed by atoms with Crippen molar-refractivity contribution in [1.82, 2.24) is 10.6 Å². The van der Waals surface area contributed by atoms with Crippen LogP contribution in [0.3, 0.4) is 0 Å². The molecule has 0 aromatic heterocycles. The second kappa shape index (κ2) is 8.77. The van der Waals surface area contributed by atoms with Crippen molar-refractivity contribution in [2.75, 3.05) is 24.6 Å². The molecule has 128 valence electrons. The summed E-state index contributed by atoms with van der Waals surface area (Å²) in [7, 11) is 0. The molecule has 1 heterocycles. The smallest absolute Gasteiger partial charge is 0.315 e. The molecule has 0 saturated carbocycles. The fourth-order valence-electron chi connectivity index (χ4n) is 2.81. The van der Waals surface area contributed by atoms with Crippen molar-refractivity contribution in [2.45, 2.75) is 45.7 Å². The molecule has 0 radical (unpaired) electrons. The standard InChI is InChI=1S/C18H29N3O2/c1-14-7-10-21(11-8-14)17-5-3-16(4-6-17)13-19-18(23)20-15(2)9-12-22/h3-6,14-15,22H,7-13H2,1-2H3,(H2,19,20,23)/t15-/m1/s1. The van der Waals surface area contributed by atoms with Crippen molar-refractivity contribution in [1.29, 1.82) is 0 Å². The SMILES string of the molecule is CC1CCN(c2ccc(CNC(=O)N[C@H](C)CCO)cc2)CC1. The number of nitrogens with one attached hydrogen (secondary N) is 2. The zero-order valence-corrected chi connectivity index (χ0v) is 14.2. The van der Waals surface area contributed by atoms with Crippen molar-refractivity contribution < 1.29 is 9.90 Å². The quantitative estimate of drug-likeness (QED) is 0.755. The Morgan fingerprint density at radius 3 is 2.57 bits per heavy atom. The summed E-state index contributed by atoms with van der Waals surface area (Å²) in [5.41, 5.74) is 2.35. The van der Waals surface area contributed by atoms with Gasteiger partial charge < -0.3 is 20.6 Å². The fourth-order valence-corrected chi connectivity index (χ4v) is 2.81. The van der Waals surface area contributed by atoms with Crippen LogP contribution >= 0.6 is 0 Å². The van der Waals surface area contributed by atoms with Crippen molar-refractivity contribution in [2.24, 2.45) is 5.92 Å². The van der Waals surface area contributed by atoms with Crippen LogP contribution in [0.4, 0.5) is 10.5 Å². The van der Waals surface area contributed by atoms with Gasteiger partial charge in [0.1, 0.15) is 0 Å². The summed E-state index contributed by atoms with van der Waals surface area (Å²) >= 11 is 0. The van der Waals surface area contributed by atoms with Crippen molar-refractivity contribution in [3.8, 4) is 0 Å². The third-order valence-electron chi connectivity index (χ3n) is 4.48. The number of hydrogen-bond acceptors (Lipinski definition) is 3. The highest BCUT2D eigenvalue weighted by Crippen LogP contribution is 2.23. The van der Waals surface area contributed by atoms with Crippen molar-refractivity contribution in [3.05, 3.63) is 29.8 Å². The molecule has 1 saturated heterocycles. The van der Waals surface area contributed by atoms with E-state index in [1.807, 2.05) is 6.92 Å². The van der Waals surface area contributed by atoms with Gasteiger partial charge in [-0.3, -0.25) is 0 Å². The summed E-state index contributed by atoms with van der Waals surface area (Å²) in [4.78, 5) is 14.2. The van der Waals surface area contributed by atoms with E-state index in [0.717, 1.165) is 24.6 Å². The molecule has 0 spiro atoms. The number of hydrogen-bond donors (Lipinski definition) is 3. The predicted molar refractivity (Wildman–Crippen MR) is 93.6 cm³/mol. The number of urea groups is 1. The van der Waals surface area contributed by atoms with Crippen LogP contribution < -0.4 is 15.5 Å². The number of anilines is 1. The average molecular weight is 319 g/mol. The van der Waals surface area contributed by atoms with E-state index < -0.39 is 0 Å². The minimum Gasteiger partial charge on any atom is -0.396 e. The first-order valence-corrected chi connectivity index (χ1v) is 8.57. The number of carbonyl (C=O) groups is 1. The third kappa shape index (κ3) is 5.75. The first-order valence-electron chi connectivity index (χ1n) is 8.57. The molecule has 2 amide bonds. The molecule has 1 aliphatic heterocycles. The number of nitrogens with zero attached hydrogens (tertiary/aromatic N) is 1. The molecule has 5 nitrogen and oxygen atoms in total. The van der Waals surface area contributed by atoms with Gasteiger partial charge in [-0.15, -0.1) is 0 Å². The summed E-state index contributed by atoms with van der Waals surface area (Å²) in [5.74, 6) is 0.835. The van der Waals surface area contributed by atoms with Gasteiger partial charge in [0, 0.05) is 38.0 Å². The molecule has 2 rings (SSSR count). The van der Waals surface area contributed by atoms with Gasteiger partial charge in [0.15, 0.2) is 0 Å². The highest BCUT2D eigenvalue weighted by Gasteiger charge is 2.15. The molecule has 0 bridgehead atoms. The number of piperidine rings is 1. The van der Waals surface area contributed by atoms with E-state index in [2.05, 4.69) is 46.7 Å². The number of rotatable bonds is 6. The molecule has 1 aliphatic rings. The minimum atomic E-state index is -0.194. The average Bonchev–Trinajstić information content (AvgIpc) is 2.54. The van der Waals surface area contributed by atoms with Gasteiger partial charge in [-0.1, -0.05) is 19.1 Å². The molecule has 1 aromatic rings. The highest BCUT2D eigenvalue weighted by molar-refractivity contribution is 5.74. The lowest BCUT2D eigenvalue weighted by atomic mass is 9.99. The van der Waals surface area contributed by atoms with Crippen LogP contribution in [0.5, 0.6) is 0 Å². The number of amides is 2. The van der Waals surface area contributed by atoms with Gasteiger partial charge in [-0.05, 0) is 49.8 Å². The molecule has 5 heteroatoms. The molecule has 23 heavy (non-hydrogen) atoms. The Hall–Kier alpha value is -1.75. The van der Waals surface area contributed by atoms with Crippen LogP contribution in [0.1, 0.15) is 38.7 Å².